The van der Waals surface area contributed by atoms with E-state index in [0.717, 1.165) is 36.5 Å². The fourth-order valence-electron chi connectivity index (χ4n) is 3.69. The molecule has 2 unspecified atom stereocenters. The molecule has 0 aliphatic carbocycles. The van der Waals surface area contributed by atoms with Gasteiger partial charge in [0.05, 0.1) is 25.4 Å². The SMILES string of the molecule is Cc1cc(CN2CC(C)OC(C)C2)cc(C)c1OCC1OCCO1. The summed E-state index contributed by atoms with van der Waals surface area (Å²) in [7, 11) is 0. The van der Waals surface area contributed by atoms with Gasteiger partial charge in [0.1, 0.15) is 12.4 Å². The molecule has 2 aliphatic rings. The third-order valence-electron chi connectivity index (χ3n) is 4.48. The Bertz CT molecular complexity index is 523. The smallest absolute Gasteiger partial charge is 0.191 e. The quantitative estimate of drug-likeness (QED) is 0.827. The summed E-state index contributed by atoms with van der Waals surface area (Å²) in [6.45, 7) is 13.2. The Labute approximate surface area is 144 Å². The summed E-state index contributed by atoms with van der Waals surface area (Å²) >= 11 is 0. The Morgan fingerprint density at radius 2 is 1.62 bits per heavy atom. The van der Waals surface area contributed by atoms with Crippen molar-refractivity contribution in [1.82, 2.24) is 4.90 Å². The Morgan fingerprint density at radius 3 is 2.21 bits per heavy atom. The van der Waals surface area contributed by atoms with Gasteiger partial charge in [0.15, 0.2) is 6.29 Å². The fourth-order valence-corrected chi connectivity index (χ4v) is 3.69. The summed E-state index contributed by atoms with van der Waals surface area (Å²) in [5.74, 6) is 0.946. The molecule has 0 saturated carbocycles. The van der Waals surface area contributed by atoms with E-state index in [1.165, 1.54) is 5.56 Å². The van der Waals surface area contributed by atoms with Crippen molar-refractivity contribution >= 4 is 0 Å². The van der Waals surface area contributed by atoms with Gasteiger partial charge in [-0.3, -0.25) is 4.90 Å². The predicted molar refractivity (Wildman–Crippen MR) is 92.4 cm³/mol. The lowest BCUT2D eigenvalue weighted by Crippen LogP contribution is -2.44. The number of aryl methyl sites for hydroxylation is 2. The molecule has 5 nitrogen and oxygen atoms in total. The van der Waals surface area contributed by atoms with Crippen LogP contribution in [0.1, 0.15) is 30.5 Å². The highest BCUT2D eigenvalue weighted by Gasteiger charge is 2.23. The fraction of sp³-hybridized carbons (Fsp3) is 0.684. The minimum atomic E-state index is -0.236. The zero-order valence-corrected chi connectivity index (χ0v) is 15.2. The zero-order valence-electron chi connectivity index (χ0n) is 15.2. The second-order valence-corrected chi connectivity index (χ2v) is 6.99. The standard InChI is InChI=1S/C19H29NO4/c1-13-7-17(11-20-9-15(3)24-16(4)10-20)8-14(2)19(13)23-12-18-21-5-6-22-18/h7-8,15-16,18H,5-6,9-12H2,1-4H3. The number of benzene rings is 1. The highest BCUT2D eigenvalue weighted by molar-refractivity contribution is 5.43. The summed E-state index contributed by atoms with van der Waals surface area (Å²) in [6.07, 6.45) is 0.356. The van der Waals surface area contributed by atoms with Crippen molar-refractivity contribution in [2.45, 2.75) is 52.7 Å². The van der Waals surface area contributed by atoms with Crippen LogP contribution in [0.15, 0.2) is 12.1 Å². The molecule has 0 radical (unpaired) electrons. The first kappa shape index (κ1) is 17.7. The van der Waals surface area contributed by atoms with Gasteiger partial charge in [-0.15, -0.1) is 0 Å². The minimum absolute atomic E-state index is 0.236. The van der Waals surface area contributed by atoms with Gasteiger partial charge >= 0.3 is 0 Å². The van der Waals surface area contributed by atoms with Crippen molar-refractivity contribution in [2.75, 3.05) is 32.9 Å². The highest BCUT2D eigenvalue weighted by Crippen LogP contribution is 2.26. The molecule has 2 heterocycles. The summed E-state index contributed by atoms with van der Waals surface area (Å²) in [5, 5.41) is 0. The first-order valence-corrected chi connectivity index (χ1v) is 8.85. The van der Waals surface area contributed by atoms with Crippen LogP contribution in [0.2, 0.25) is 0 Å². The van der Waals surface area contributed by atoms with E-state index in [1.54, 1.807) is 0 Å². The van der Waals surface area contributed by atoms with Gasteiger partial charge in [-0.2, -0.15) is 0 Å². The average Bonchev–Trinajstić information content (AvgIpc) is 2.98. The summed E-state index contributed by atoms with van der Waals surface area (Å²) in [5.41, 5.74) is 3.65. The van der Waals surface area contributed by atoms with Crippen LogP contribution in [0.5, 0.6) is 5.75 Å². The molecule has 3 rings (SSSR count). The summed E-state index contributed by atoms with van der Waals surface area (Å²) in [4.78, 5) is 2.47. The Kier molecular flexibility index (Phi) is 5.76. The number of nitrogens with zero attached hydrogens (tertiary/aromatic N) is 1. The van der Waals surface area contributed by atoms with E-state index in [0.29, 0.717) is 32.0 Å². The van der Waals surface area contributed by atoms with Crippen molar-refractivity contribution in [3.05, 3.63) is 28.8 Å². The van der Waals surface area contributed by atoms with Gasteiger partial charge in [-0.05, 0) is 44.4 Å². The van der Waals surface area contributed by atoms with Crippen LogP contribution in [0.3, 0.4) is 0 Å². The lowest BCUT2D eigenvalue weighted by molar-refractivity contribution is -0.0705. The molecule has 2 saturated heterocycles. The molecular formula is C19H29NO4. The molecule has 2 aliphatic heterocycles. The molecular weight excluding hydrogens is 306 g/mol. The van der Waals surface area contributed by atoms with E-state index < -0.39 is 0 Å². The second-order valence-electron chi connectivity index (χ2n) is 6.99. The van der Waals surface area contributed by atoms with Crippen molar-refractivity contribution in [1.29, 1.82) is 0 Å². The molecule has 1 aromatic carbocycles. The molecule has 0 spiro atoms. The monoisotopic (exact) mass is 335 g/mol. The van der Waals surface area contributed by atoms with Crippen LogP contribution in [0.4, 0.5) is 0 Å². The molecule has 1 aromatic rings. The van der Waals surface area contributed by atoms with Crippen LogP contribution in [-0.4, -0.2) is 56.3 Å². The summed E-state index contributed by atoms with van der Waals surface area (Å²) in [6, 6.07) is 4.45. The number of ether oxygens (including phenoxy) is 4. The van der Waals surface area contributed by atoms with E-state index in [4.69, 9.17) is 18.9 Å². The van der Waals surface area contributed by atoms with E-state index in [1.807, 2.05) is 0 Å². The second kappa shape index (κ2) is 7.83. The molecule has 2 fully saturated rings. The predicted octanol–water partition coefficient (Wildman–Crippen LogP) is 2.66. The molecule has 2 atom stereocenters. The van der Waals surface area contributed by atoms with E-state index in [2.05, 4.69) is 44.7 Å². The Hall–Kier alpha value is -1.14. The van der Waals surface area contributed by atoms with E-state index >= 15 is 0 Å². The number of morpholine rings is 1. The van der Waals surface area contributed by atoms with Crippen LogP contribution < -0.4 is 4.74 Å². The maximum atomic E-state index is 5.95. The molecule has 134 valence electrons. The van der Waals surface area contributed by atoms with Gasteiger partial charge in [-0.1, -0.05) is 12.1 Å². The van der Waals surface area contributed by atoms with Crippen molar-refractivity contribution in [3.8, 4) is 5.75 Å². The van der Waals surface area contributed by atoms with Crippen LogP contribution in [0, 0.1) is 13.8 Å². The van der Waals surface area contributed by atoms with Gasteiger partial charge in [0, 0.05) is 19.6 Å². The number of hydrogen-bond acceptors (Lipinski definition) is 5. The first-order valence-electron chi connectivity index (χ1n) is 8.85. The van der Waals surface area contributed by atoms with Crippen LogP contribution >= 0.6 is 0 Å². The van der Waals surface area contributed by atoms with Crippen LogP contribution in [-0.2, 0) is 20.8 Å². The van der Waals surface area contributed by atoms with E-state index in [-0.39, 0.29) is 6.29 Å². The van der Waals surface area contributed by atoms with Gasteiger partial charge < -0.3 is 18.9 Å². The van der Waals surface area contributed by atoms with E-state index in [9.17, 15) is 0 Å². The Morgan fingerprint density at radius 1 is 1.04 bits per heavy atom. The number of rotatable bonds is 5. The molecule has 5 heteroatoms. The molecule has 0 bridgehead atoms. The minimum Gasteiger partial charge on any atom is -0.488 e. The average molecular weight is 335 g/mol. The molecule has 0 amide bonds. The number of hydrogen-bond donors (Lipinski definition) is 0. The van der Waals surface area contributed by atoms with Gasteiger partial charge in [0.2, 0.25) is 0 Å². The van der Waals surface area contributed by atoms with Crippen LogP contribution in [0.25, 0.3) is 0 Å². The largest absolute Gasteiger partial charge is 0.488 e. The van der Waals surface area contributed by atoms with Crippen molar-refractivity contribution in [3.63, 3.8) is 0 Å². The maximum Gasteiger partial charge on any atom is 0.191 e. The van der Waals surface area contributed by atoms with Gasteiger partial charge in [0.25, 0.3) is 0 Å². The zero-order chi connectivity index (χ0) is 17.1. The molecule has 0 aromatic heterocycles. The molecule has 24 heavy (non-hydrogen) atoms. The normalized spacial score (nSPS) is 26.0. The Balaban J connectivity index is 1.63. The van der Waals surface area contributed by atoms with Gasteiger partial charge in [-0.25, -0.2) is 0 Å². The lowest BCUT2D eigenvalue weighted by Gasteiger charge is -2.35. The highest BCUT2D eigenvalue weighted by atomic mass is 16.7. The topological polar surface area (TPSA) is 40.2 Å². The lowest BCUT2D eigenvalue weighted by atomic mass is 10.0. The molecule has 0 N–H and O–H groups in total. The van der Waals surface area contributed by atoms with Crippen molar-refractivity contribution < 1.29 is 18.9 Å². The van der Waals surface area contributed by atoms with Crippen molar-refractivity contribution in [2.24, 2.45) is 0 Å². The first-order chi connectivity index (χ1) is 11.5. The maximum absolute atomic E-state index is 5.95. The third-order valence-corrected chi connectivity index (χ3v) is 4.48. The third kappa shape index (κ3) is 4.48. The summed E-state index contributed by atoms with van der Waals surface area (Å²) < 4.78 is 22.6.